The van der Waals surface area contributed by atoms with Gasteiger partial charge in [0, 0.05) is 37.8 Å². The molecule has 2 aromatic rings. The minimum Gasteiger partial charge on any atom is -0.380 e. The summed E-state index contributed by atoms with van der Waals surface area (Å²) in [5.74, 6) is 0. The quantitative estimate of drug-likeness (QED) is 0.773. The van der Waals surface area contributed by atoms with Crippen molar-refractivity contribution in [3.8, 4) is 0 Å². The maximum absolute atomic E-state index is 12.1. The second-order valence-electron chi connectivity index (χ2n) is 4.64. The molecule has 2 aromatic heterocycles. The van der Waals surface area contributed by atoms with Crippen molar-refractivity contribution in [2.45, 2.75) is 19.9 Å². The molecule has 0 amide bonds. The van der Waals surface area contributed by atoms with E-state index >= 15 is 0 Å². The summed E-state index contributed by atoms with van der Waals surface area (Å²) in [5, 5.41) is 4.12. The molecule has 0 aliphatic heterocycles. The van der Waals surface area contributed by atoms with Crippen LogP contribution in [0.25, 0.3) is 10.1 Å². The van der Waals surface area contributed by atoms with Crippen LogP contribution in [0, 0.1) is 0 Å². The monoisotopic (exact) mass is 358 g/mol. The zero-order chi connectivity index (χ0) is 14.5. The first-order valence-corrected chi connectivity index (χ1v) is 8.30. The van der Waals surface area contributed by atoms with Crippen molar-refractivity contribution >= 4 is 37.4 Å². The summed E-state index contributed by atoms with van der Waals surface area (Å²) in [5.41, 5.74) is 0.0528. The predicted octanol–water partition coefficient (Wildman–Crippen LogP) is 2.88. The Bertz CT molecular complexity index is 636. The molecule has 0 spiro atoms. The Kier molecular flexibility index (Phi) is 5.77. The molecule has 4 nitrogen and oxygen atoms in total. The SMILES string of the molecule is CCCOCCNCc1cc2c(=O)n(C)cc(Br)c2s1. The van der Waals surface area contributed by atoms with Crippen LogP contribution in [0.2, 0.25) is 0 Å². The number of aryl methyl sites for hydroxylation is 1. The van der Waals surface area contributed by atoms with E-state index in [2.05, 4.69) is 28.2 Å². The Balaban J connectivity index is 2.00. The molecule has 0 aliphatic carbocycles. The number of fused-ring (bicyclic) bond motifs is 1. The molecule has 0 bridgehead atoms. The van der Waals surface area contributed by atoms with Gasteiger partial charge in [0.1, 0.15) is 0 Å². The number of thiophene rings is 1. The second kappa shape index (κ2) is 7.36. The highest BCUT2D eigenvalue weighted by Gasteiger charge is 2.09. The van der Waals surface area contributed by atoms with Crippen molar-refractivity contribution in [2.75, 3.05) is 19.8 Å². The number of hydrogen-bond acceptors (Lipinski definition) is 4. The molecule has 110 valence electrons. The number of aromatic nitrogens is 1. The van der Waals surface area contributed by atoms with Gasteiger partial charge in [-0.1, -0.05) is 6.92 Å². The van der Waals surface area contributed by atoms with E-state index in [9.17, 15) is 4.79 Å². The number of nitrogens with zero attached hydrogens (tertiary/aromatic N) is 1. The van der Waals surface area contributed by atoms with Crippen LogP contribution in [0.3, 0.4) is 0 Å². The number of halogens is 1. The largest absolute Gasteiger partial charge is 0.380 e. The Hall–Kier alpha value is -0.690. The van der Waals surface area contributed by atoms with E-state index in [1.165, 1.54) is 4.88 Å². The topological polar surface area (TPSA) is 43.3 Å². The second-order valence-corrected chi connectivity index (χ2v) is 6.63. The normalized spacial score (nSPS) is 11.3. The first-order chi connectivity index (χ1) is 9.63. The lowest BCUT2D eigenvalue weighted by atomic mass is 10.3. The minimum absolute atomic E-state index is 0.0528. The molecular weight excluding hydrogens is 340 g/mol. The number of ether oxygens (including phenoxy) is 1. The van der Waals surface area contributed by atoms with E-state index in [0.29, 0.717) is 0 Å². The summed E-state index contributed by atoms with van der Waals surface area (Å²) in [7, 11) is 1.77. The molecular formula is C14H19BrN2O2S. The first kappa shape index (κ1) is 15.7. The van der Waals surface area contributed by atoms with E-state index in [-0.39, 0.29) is 5.56 Å². The average Bonchev–Trinajstić information content (AvgIpc) is 2.85. The molecule has 0 fully saturated rings. The fourth-order valence-corrected chi connectivity index (χ4v) is 3.73. The van der Waals surface area contributed by atoms with Crippen molar-refractivity contribution in [1.29, 1.82) is 0 Å². The Labute approximate surface area is 130 Å². The fourth-order valence-electron chi connectivity index (χ4n) is 1.95. The molecule has 0 aromatic carbocycles. The van der Waals surface area contributed by atoms with Gasteiger partial charge in [-0.05, 0) is 28.4 Å². The fraction of sp³-hybridized carbons (Fsp3) is 0.500. The standard InChI is InChI=1S/C14H19BrN2O2S/c1-3-5-19-6-4-16-8-10-7-11-13(20-10)12(15)9-17(2)14(11)18/h7,9,16H,3-6,8H2,1-2H3. The lowest BCUT2D eigenvalue weighted by molar-refractivity contribution is 0.136. The molecule has 0 atom stereocenters. The number of nitrogens with one attached hydrogen (secondary N) is 1. The first-order valence-electron chi connectivity index (χ1n) is 6.69. The molecule has 2 heterocycles. The molecule has 0 saturated carbocycles. The highest BCUT2D eigenvalue weighted by Crippen LogP contribution is 2.29. The summed E-state index contributed by atoms with van der Waals surface area (Å²) in [4.78, 5) is 13.2. The Morgan fingerprint density at radius 2 is 2.25 bits per heavy atom. The van der Waals surface area contributed by atoms with Gasteiger partial charge in [0.15, 0.2) is 0 Å². The van der Waals surface area contributed by atoms with Crippen LogP contribution in [0.4, 0.5) is 0 Å². The Morgan fingerprint density at radius 1 is 1.45 bits per heavy atom. The van der Waals surface area contributed by atoms with Gasteiger partial charge in [-0.15, -0.1) is 11.3 Å². The summed E-state index contributed by atoms with van der Waals surface area (Å²) < 4.78 is 9.01. The van der Waals surface area contributed by atoms with Crippen molar-refractivity contribution < 1.29 is 4.74 Å². The third-order valence-electron chi connectivity index (χ3n) is 2.93. The van der Waals surface area contributed by atoms with Gasteiger partial charge < -0.3 is 14.6 Å². The van der Waals surface area contributed by atoms with Crippen LogP contribution in [-0.2, 0) is 18.3 Å². The zero-order valence-electron chi connectivity index (χ0n) is 11.7. The van der Waals surface area contributed by atoms with E-state index < -0.39 is 0 Å². The maximum atomic E-state index is 12.1. The number of hydrogen-bond donors (Lipinski definition) is 1. The zero-order valence-corrected chi connectivity index (χ0v) is 14.1. The molecule has 0 radical (unpaired) electrons. The highest BCUT2D eigenvalue weighted by atomic mass is 79.9. The third-order valence-corrected chi connectivity index (χ3v) is 4.96. The average molecular weight is 359 g/mol. The summed E-state index contributed by atoms with van der Waals surface area (Å²) in [6, 6.07) is 1.98. The summed E-state index contributed by atoms with van der Waals surface area (Å²) in [6.45, 7) is 5.23. The molecule has 0 saturated heterocycles. The molecule has 6 heteroatoms. The molecule has 1 N–H and O–H groups in total. The van der Waals surface area contributed by atoms with Crippen molar-refractivity contribution in [2.24, 2.45) is 7.05 Å². The summed E-state index contributed by atoms with van der Waals surface area (Å²) >= 11 is 5.17. The van der Waals surface area contributed by atoms with Gasteiger partial charge in [-0.3, -0.25) is 4.79 Å². The van der Waals surface area contributed by atoms with Gasteiger partial charge in [0.25, 0.3) is 5.56 Å². The van der Waals surface area contributed by atoms with Crippen molar-refractivity contribution in [3.63, 3.8) is 0 Å². The van der Waals surface area contributed by atoms with Gasteiger partial charge in [-0.25, -0.2) is 0 Å². The molecule has 20 heavy (non-hydrogen) atoms. The molecule has 0 unspecified atom stereocenters. The van der Waals surface area contributed by atoms with Crippen LogP contribution < -0.4 is 10.9 Å². The smallest absolute Gasteiger partial charge is 0.259 e. The van der Waals surface area contributed by atoms with Crippen molar-refractivity contribution in [1.82, 2.24) is 9.88 Å². The maximum Gasteiger partial charge on any atom is 0.259 e. The summed E-state index contributed by atoms with van der Waals surface area (Å²) in [6.07, 6.45) is 2.87. The van der Waals surface area contributed by atoms with Crippen LogP contribution >= 0.6 is 27.3 Å². The van der Waals surface area contributed by atoms with E-state index in [0.717, 1.165) is 47.3 Å². The van der Waals surface area contributed by atoms with Gasteiger partial charge in [0.05, 0.1) is 21.2 Å². The highest BCUT2D eigenvalue weighted by molar-refractivity contribution is 9.10. The lowest BCUT2D eigenvalue weighted by Gasteiger charge is -2.03. The third kappa shape index (κ3) is 3.69. The van der Waals surface area contributed by atoms with E-state index in [1.54, 1.807) is 23.0 Å². The van der Waals surface area contributed by atoms with Crippen molar-refractivity contribution in [3.05, 3.63) is 32.0 Å². The predicted molar refractivity (Wildman–Crippen MR) is 87.6 cm³/mol. The van der Waals surface area contributed by atoms with Gasteiger partial charge in [0.2, 0.25) is 0 Å². The minimum atomic E-state index is 0.0528. The van der Waals surface area contributed by atoms with Crippen LogP contribution in [0.5, 0.6) is 0 Å². The Morgan fingerprint density at radius 3 is 3.00 bits per heavy atom. The lowest BCUT2D eigenvalue weighted by Crippen LogP contribution is -2.19. The van der Waals surface area contributed by atoms with Crippen LogP contribution in [0.15, 0.2) is 21.5 Å². The van der Waals surface area contributed by atoms with Gasteiger partial charge >= 0.3 is 0 Å². The van der Waals surface area contributed by atoms with Crippen LogP contribution in [-0.4, -0.2) is 24.3 Å². The van der Waals surface area contributed by atoms with E-state index in [4.69, 9.17) is 4.74 Å². The van der Waals surface area contributed by atoms with Crippen LogP contribution in [0.1, 0.15) is 18.2 Å². The van der Waals surface area contributed by atoms with Gasteiger partial charge in [-0.2, -0.15) is 0 Å². The molecule has 2 rings (SSSR count). The number of pyridine rings is 1. The molecule has 0 aliphatic rings. The van der Waals surface area contributed by atoms with E-state index in [1.807, 2.05) is 12.3 Å². The number of rotatable bonds is 7.